The molecule has 0 aliphatic rings. The molecule has 1 unspecified atom stereocenters. The smallest absolute Gasteiger partial charge is 0.159 e. The molecule has 1 aromatic rings. The zero-order chi connectivity index (χ0) is 14.1. The van der Waals surface area contributed by atoms with Crippen molar-refractivity contribution in [1.29, 1.82) is 0 Å². The van der Waals surface area contributed by atoms with Gasteiger partial charge in [0.2, 0.25) is 0 Å². The largest absolute Gasteiger partial charge is 0.382 e. The second-order valence-electron chi connectivity index (χ2n) is 4.21. The van der Waals surface area contributed by atoms with Gasteiger partial charge in [0.1, 0.15) is 0 Å². The van der Waals surface area contributed by atoms with Crippen LogP contribution in [0.4, 0.5) is 8.78 Å². The molecule has 19 heavy (non-hydrogen) atoms. The minimum Gasteiger partial charge on any atom is -0.382 e. The van der Waals surface area contributed by atoms with Crippen LogP contribution in [-0.4, -0.2) is 33.0 Å². The number of hydrogen-bond donors (Lipinski definition) is 2. The number of hydrazine groups is 1. The predicted octanol–water partition coefficient (Wildman–Crippen LogP) is 1.39. The van der Waals surface area contributed by atoms with E-state index in [2.05, 4.69) is 5.43 Å². The molecular formula is C13H20F2N2O2. The normalized spacial score (nSPS) is 12.6. The van der Waals surface area contributed by atoms with Crippen molar-refractivity contribution >= 4 is 0 Å². The first-order chi connectivity index (χ1) is 9.17. The highest BCUT2D eigenvalue weighted by Crippen LogP contribution is 2.11. The number of hydrogen-bond acceptors (Lipinski definition) is 4. The number of rotatable bonds is 9. The summed E-state index contributed by atoms with van der Waals surface area (Å²) >= 11 is 0. The summed E-state index contributed by atoms with van der Waals surface area (Å²) < 4.78 is 36.0. The lowest BCUT2D eigenvalue weighted by Gasteiger charge is -2.16. The van der Waals surface area contributed by atoms with E-state index in [-0.39, 0.29) is 6.04 Å². The Morgan fingerprint density at radius 3 is 2.63 bits per heavy atom. The fourth-order valence-corrected chi connectivity index (χ4v) is 1.67. The number of benzene rings is 1. The fourth-order valence-electron chi connectivity index (χ4n) is 1.67. The lowest BCUT2D eigenvalue weighted by molar-refractivity contribution is 0.0658. The molecule has 6 heteroatoms. The van der Waals surface area contributed by atoms with Gasteiger partial charge in [-0.3, -0.25) is 11.3 Å². The number of nitrogens with one attached hydrogen (secondary N) is 1. The molecule has 3 N–H and O–H groups in total. The van der Waals surface area contributed by atoms with Crippen molar-refractivity contribution in [2.75, 3.05) is 26.9 Å². The Hall–Kier alpha value is -1.08. The molecule has 0 fully saturated rings. The predicted molar refractivity (Wildman–Crippen MR) is 68.5 cm³/mol. The Morgan fingerprint density at radius 1 is 1.21 bits per heavy atom. The van der Waals surface area contributed by atoms with Gasteiger partial charge in [0.05, 0.1) is 13.2 Å². The van der Waals surface area contributed by atoms with E-state index in [0.29, 0.717) is 38.2 Å². The van der Waals surface area contributed by atoms with Crippen LogP contribution in [0.3, 0.4) is 0 Å². The van der Waals surface area contributed by atoms with Crippen molar-refractivity contribution in [1.82, 2.24) is 5.43 Å². The molecule has 1 rings (SSSR count). The maximum atomic E-state index is 13.1. The van der Waals surface area contributed by atoms with Crippen LogP contribution in [0.25, 0.3) is 0 Å². The van der Waals surface area contributed by atoms with Gasteiger partial charge >= 0.3 is 0 Å². The Bertz CT molecular complexity index is 378. The summed E-state index contributed by atoms with van der Waals surface area (Å²) in [5.41, 5.74) is 3.34. The molecular weight excluding hydrogens is 254 g/mol. The summed E-state index contributed by atoms with van der Waals surface area (Å²) in [7, 11) is 1.61. The van der Waals surface area contributed by atoms with Crippen LogP contribution in [0.15, 0.2) is 18.2 Å². The zero-order valence-corrected chi connectivity index (χ0v) is 11.0. The monoisotopic (exact) mass is 274 g/mol. The van der Waals surface area contributed by atoms with Crippen molar-refractivity contribution in [3.8, 4) is 0 Å². The summed E-state index contributed by atoms with van der Waals surface area (Å²) in [6.07, 6.45) is 1.19. The molecule has 0 aromatic heterocycles. The Morgan fingerprint density at radius 2 is 2.00 bits per heavy atom. The topological polar surface area (TPSA) is 56.5 Å². The molecule has 1 atom stereocenters. The third-order valence-corrected chi connectivity index (χ3v) is 2.74. The Labute approximate surface area is 111 Å². The van der Waals surface area contributed by atoms with Crippen molar-refractivity contribution in [2.45, 2.75) is 18.9 Å². The van der Waals surface area contributed by atoms with Gasteiger partial charge in [-0.15, -0.1) is 0 Å². The van der Waals surface area contributed by atoms with E-state index in [1.54, 1.807) is 13.2 Å². The third-order valence-electron chi connectivity index (χ3n) is 2.74. The number of ether oxygens (including phenoxy) is 2. The third kappa shape index (κ3) is 6.07. The number of halogens is 2. The maximum absolute atomic E-state index is 13.1. The van der Waals surface area contributed by atoms with E-state index in [1.807, 2.05) is 0 Å². The number of methoxy groups -OCH3 is 1. The molecule has 4 nitrogen and oxygen atoms in total. The molecule has 108 valence electrons. The number of nitrogens with two attached hydrogens (primary N) is 1. The van der Waals surface area contributed by atoms with Crippen LogP contribution in [0.5, 0.6) is 0 Å². The van der Waals surface area contributed by atoms with Gasteiger partial charge in [-0.25, -0.2) is 8.78 Å². The van der Waals surface area contributed by atoms with Gasteiger partial charge in [-0.05, 0) is 30.5 Å². The van der Waals surface area contributed by atoms with Crippen LogP contribution in [0.2, 0.25) is 0 Å². The lowest BCUT2D eigenvalue weighted by atomic mass is 10.0. The van der Waals surface area contributed by atoms with E-state index in [9.17, 15) is 8.78 Å². The highest BCUT2D eigenvalue weighted by atomic mass is 19.2. The van der Waals surface area contributed by atoms with Crippen molar-refractivity contribution < 1.29 is 18.3 Å². The Kier molecular flexibility index (Phi) is 7.50. The lowest BCUT2D eigenvalue weighted by Crippen LogP contribution is -2.37. The molecule has 0 spiro atoms. The minimum atomic E-state index is -0.844. The fraction of sp³-hybridized carbons (Fsp3) is 0.538. The second-order valence-corrected chi connectivity index (χ2v) is 4.21. The first-order valence-electron chi connectivity index (χ1n) is 6.14. The molecule has 0 aliphatic heterocycles. The van der Waals surface area contributed by atoms with Gasteiger partial charge in [0.15, 0.2) is 11.6 Å². The molecule has 0 saturated heterocycles. The van der Waals surface area contributed by atoms with Crippen LogP contribution >= 0.6 is 0 Å². The summed E-state index contributed by atoms with van der Waals surface area (Å²) in [4.78, 5) is 0. The Balaban J connectivity index is 2.36. The van der Waals surface area contributed by atoms with Crippen LogP contribution in [0.1, 0.15) is 12.0 Å². The quantitative estimate of drug-likeness (QED) is 0.406. The average Bonchev–Trinajstić information content (AvgIpc) is 2.41. The van der Waals surface area contributed by atoms with Crippen LogP contribution in [-0.2, 0) is 15.9 Å². The molecule has 0 heterocycles. The summed E-state index contributed by atoms with van der Waals surface area (Å²) in [6, 6.07) is 3.81. The summed E-state index contributed by atoms with van der Waals surface area (Å²) in [5, 5.41) is 0. The van der Waals surface area contributed by atoms with Gasteiger partial charge < -0.3 is 9.47 Å². The van der Waals surface area contributed by atoms with Crippen LogP contribution in [0, 0.1) is 11.6 Å². The highest BCUT2D eigenvalue weighted by molar-refractivity contribution is 5.18. The molecule has 0 aliphatic carbocycles. The van der Waals surface area contributed by atoms with Crippen molar-refractivity contribution in [3.63, 3.8) is 0 Å². The first-order valence-corrected chi connectivity index (χ1v) is 6.14. The standard InChI is InChI=1S/C13H20F2N2O2/c1-18-6-7-19-5-4-11(17-16)8-10-2-3-12(14)13(15)9-10/h2-3,9,11,17H,4-8,16H2,1H3. The highest BCUT2D eigenvalue weighted by Gasteiger charge is 2.10. The summed E-state index contributed by atoms with van der Waals surface area (Å²) in [5.74, 6) is 3.74. The van der Waals surface area contributed by atoms with Gasteiger partial charge in [-0.1, -0.05) is 6.07 Å². The van der Waals surface area contributed by atoms with E-state index < -0.39 is 11.6 Å². The van der Waals surface area contributed by atoms with E-state index in [1.165, 1.54) is 6.07 Å². The van der Waals surface area contributed by atoms with Crippen molar-refractivity contribution in [2.24, 2.45) is 5.84 Å². The first kappa shape index (κ1) is 16.0. The van der Waals surface area contributed by atoms with E-state index >= 15 is 0 Å². The molecule has 0 radical (unpaired) electrons. The van der Waals surface area contributed by atoms with Crippen LogP contribution < -0.4 is 11.3 Å². The van der Waals surface area contributed by atoms with Gasteiger partial charge in [-0.2, -0.15) is 0 Å². The maximum Gasteiger partial charge on any atom is 0.159 e. The second kappa shape index (κ2) is 8.92. The summed E-state index contributed by atoms with van der Waals surface area (Å²) in [6.45, 7) is 1.60. The molecule has 0 bridgehead atoms. The average molecular weight is 274 g/mol. The minimum absolute atomic E-state index is 0.0487. The molecule has 0 saturated carbocycles. The van der Waals surface area contributed by atoms with E-state index in [4.69, 9.17) is 15.3 Å². The van der Waals surface area contributed by atoms with Gasteiger partial charge in [0.25, 0.3) is 0 Å². The van der Waals surface area contributed by atoms with Gasteiger partial charge in [0, 0.05) is 19.8 Å². The SMILES string of the molecule is COCCOCCC(Cc1ccc(F)c(F)c1)NN. The van der Waals surface area contributed by atoms with Crippen molar-refractivity contribution in [3.05, 3.63) is 35.4 Å². The van der Waals surface area contributed by atoms with E-state index in [0.717, 1.165) is 6.07 Å². The molecule has 1 aromatic carbocycles. The zero-order valence-electron chi connectivity index (χ0n) is 11.0. The molecule has 0 amide bonds.